The summed E-state index contributed by atoms with van der Waals surface area (Å²) in [7, 11) is 0. The Morgan fingerprint density at radius 2 is 1.52 bits per heavy atom. The van der Waals surface area contributed by atoms with Gasteiger partial charge in [-0.25, -0.2) is 38.4 Å². The van der Waals surface area contributed by atoms with Crippen LogP contribution in [0.1, 0.15) is 48.0 Å². The van der Waals surface area contributed by atoms with E-state index in [4.69, 9.17) is 0 Å². The molecule has 1 aliphatic carbocycles. The Morgan fingerprint density at radius 3 is 2.15 bits per heavy atom. The number of carbonyl (C=O) groups is 2. The van der Waals surface area contributed by atoms with Gasteiger partial charge in [0.05, 0.1) is 55.8 Å². The van der Waals surface area contributed by atoms with E-state index < -0.39 is 11.8 Å². The molecule has 3 aromatic heterocycles. The van der Waals surface area contributed by atoms with Crippen molar-refractivity contribution in [3.8, 4) is 0 Å². The molecule has 0 radical (unpaired) electrons. The van der Waals surface area contributed by atoms with Crippen molar-refractivity contribution >= 4 is 73.0 Å². The zero-order valence-corrected chi connectivity index (χ0v) is 27.4. The molecule has 3 aliphatic heterocycles. The average Bonchev–Trinajstić information content (AvgIpc) is 3.79. The molecule has 0 bridgehead atoms. The molecule has 0 spiro atoms. The lowest BCUT2D eigenvalue weighted by atomic mass is 9.81. The maximum absolute atomic E-state index is 13.2. The van der Waals surface area contributed by atoms with E-state index in [0.29, 0.717) is 32.7 Å². The number of carbonyl (C=O) groups excluding carboxylic acids is 2. The van der Waals surface area contributed by atoms with Crippen molar-refractivity contribution in [2.45, 2.75) is 67.2 Å². The fraction of sp³-hybridized carbons (Fsp3) is 0.615. The lowest BCUT2D eigenvalue weighted by molar-refractivity contribution is -0.120. The summed E-state index contributed by atoms with van der Waals surface area (Å²) in [5.41, 5.74) is 7.20. The second-order valence-electron chi connectivity index (χ2n) is 11.9. The summed E-state index contributed by atoms with van der Waals surface area (Å²) in [6.45, 7) is -1.39. The van der Waals surface area contributed by atoms with Crippen molar-refractivity contribution in [1.29, 1.82) is 0 Å². The van der Waals surface area contributed by atoms with E-state index in [0.717, 1.165) is 30.7 Å². The summed E-state index contributed by atoms with van der Waals surface area (Å²) in [4.78, 5) is 36.9. The Labute approximate surface area is 277 Å². The fourth-order valence-electron chi connectivity index (χ4n) is 5.88. The first-order valence-corrected chi connectivity index (χ1v) is 18.2. The molecular formula is C26H30F4N10O2S4. The third-order valence-corrected chi connectivity index (χ3v) is 12.3. The number of rotatable bonds is 10. The standard InChI is InChI=1S/C26H30F4N10O2S4/c27-25(28)9-39(10-25)23-31-15(7-43-23)5-17(41)33-21-37-35-19(45-21)13-2-1-3-14(4-13)20-36-38-22(46-20)34-18(42)6-16-8-44-24(32-16)40-11-26(29,30)12-40/h7-8,13-14,19,21,35,37H,1-6,9-12H2,(H,33,41)(H,34,38,42)/t13-,14?,19?,21?/m0/s1. The molecule has 4 aliphatic rings. The summed E-state index contributed by atoms with van der Waals surface area (Å²) in [6, 6.07) is 0. The zero-order valence-electron chi connectivity index (χ0n) is 24.2. The van der Waals surface area contributed by atoms with Gasteiger partial charge in [-0.2, -0.15) is 0 Å². The molecule has 248 valence electrons. The van der Waals surface area contributed by atoms with Crippen LogP contribution >= 0.6 is 45.8 Å². The first kappa shape index (κ1) is 31.9. The minimum atomic E-state index is -2.68. The highest BCUT2D eigenvalue weighted by Gasteiger charge is 2.46. The molecular weight excluding hydrogens is 689 g/mol. The lowest BCUT2D eigenvalue weighted by Gasteiger charge is -2.38. The quantitative estimate of drug-likeness (QED) is 0.229. The molecule has 1 saturated carbocycles. The van der Waals surface area contributed by atoms with Gasteiger partial charge in [0.15, 0.2) is 10.3 Å². The molecule has 4 fully saturated rings. The van der Waals surface area contributed by atoms with Crippen molar-refractivity contribution in [3.63, 3.8) is 0 Å². The third-order valence-electron chi connectivity index (χ3n) is 8.10. The summed E-state index contributed by atoms with van der Waals surface area (Å²) in [5.74, 6) is -5.35. The predicted octanol–water partition coefficient (Wildman–Crippen LogP) is 3.63. The monoisotopic (exact) mass is 718 g/mol. The van der Waals surface area contributed by atoms with Gasteiger partial charge in [0.1, 0.15) is 10.5 Å². The first-order valence-electron chi connectivity index (χ1n) is 14.7. The second kappa shape index (κ2) is 12.8. The van der Waals surface area contributed by atoms with Crippen LogP contribution in [0.15, 0.2) is 10.8 Å². The van der Waals surface area contributed by atoms with E-state index in [1.165, 1.54) is 43.8 Å². The number of halogens is 4. The number of nitrogens with zero attached hydrogens (tertiary/aromatic N) is 6. The molecule has 4 atom stereocenters. The molecule has 3 unspecified atom stereocenters. The van der Waals surface area contributed by atoms with Crippen LogP contribution in [0.2, 0.25) is 0 Å². The molecule has 12 nitrogen and oxygen atoms in total. The Kier molecular flexibility index (Phi) is 8.85. The number of aromatic nitrogens is 4. The summed E-state index contributed by atoms with van der Waals surface area (Å²) < 4.78 is 52.6. The number of thiazole rings is 2. The fourth-order valence-corrected chi connectivity index (χ4v) is 9.67. The van der Waals surface area contributed by atoms with Gasteiger partial charge >= 0.3 is 0 Å². The molecule has 3 saturated heterocycles. The largest absolute Gasteiger partial charge is 0.336 e. The number of nitrogens with one attached hydrogen (secondary N) is 4. The van der Waals surface area contributed by atoms with Gasteiger partial charge in [-0.3, -0.25) is 9.59 Å². The summed E-state index contributed by atoms with van der Waals surface area (Å²) in [5, 5.41) is 20.1. The topological polar surface area (TPSA) is 140 Å². The number of amides is 2. The van der Waals surface area contributed by atoms with Crippen molar-refractivity contribution in [3.05, 3.63) is 27.2 Å². The van der Waals surface area contributed by atoms with Crippen LogP contribution in [-0.4, -0.2) is 80.9 Å². The van der Waals surface area contributed by atoms with Crippen LogP contribution in [0, 0.1) is 5.92 Å². The summed E-state index contributed by atoms with van der Waals surface area (Å²) >= 11 is 5.46. The Morgan fingerprint density at radius 1 is 0.891 bits per heavy atom. The van der Waals surface area contributed by atoms with Crippen molar-refractivity contribution in [2.75, 3.05) is 41.3 Å². The predicted molar refractivity (Wildman–Crippen MR) is 169 cm³/mol. The van der Waals surface area contributed by atoms with Gasteiger partial charge in [-0.1, -0.05) is 29.5 Å². The van der Waals surface area contributed by atoms with E-state index >= 15 is 0 Å². The van der Waals surface area contributed by atoms with Crippen LogP contribution in [-0.2, 0) is 22.4 Å². The van der Waals surface area contributed by atoms with Crippen LogP contribution in [0.4, 0.5) is 33.0 Å². The van der Waals surface area contributed by atoms with Crippen molar-refractivity contribution in [2.24, 2.45) is 5.92 Å². The molecule has 2 amide bonds. The van der Waals surface area contributed by atoms with Gasteiger partial charge in [0.25, 0.3) is 11.8 Å². The molecule has 46 heavy (non-hydrogen) atoms. The maximum atomic E-state index is 13.2. The van der Waals surface area contributed by atoms with Crippen LogP contribution in [0.5, 0.6) is 0 Å². The normalized spacial score (nSPS) is 26.8. The molecule has 20 heteroatoms. The summed E-state index contributed by atoms with van der Waals surface area (Å²) in [6.07, 6.45) is 3.96. The molecule has 6 heterocycles. The van der Waals surface area contributed by atoms with Gasteiger partial charge < -0.3 is 20.4 Å². The molecule has 0 aromatic carbocycles. The minimum absolute atomic E-state index is 0.0152. The van der Waals surface area contributed by atoms with Crippen molar-refractivity contribution < 1.29 is 27.2 Å². The van der Waals surface area contributed by atoms with E-state index in [1.54, 1.807) is 22.5 Å². The smallest absolute Gasteiger partial charge is 0.282 e. The van der Waals surface area contributed by atoms with E-state index in [1.807, 2.05) is 0 Å². The number of hydrogen-bond donors (Lipinski definition) is 4. The highest BCUT2D eigenvalue weighted by molar-refractivity contribution is 8.00. The number of anilines is 3. The SMILES string of the molecule is O=C(Cc1csc(N2CC(F)(F)C2)n1)Nc1nnc(C2CCC[C@H](C3NNC(NC(=O)Cc4csc(N5CC(F)(F)C5)n4)S3)C2)s1. The molecule has 7 rings (SSSR count). The number of alkyl halides is 4. The lowest BCUT2D eigenvalue weighted by Crippen LogP contribution is -2.56. The Hall–Kier alpha value is -2.65. The molecule has 3 aromatic rings. The maximum Gasteiger partial charge on any atom is 0.282 e. The van der Waals surface area contributed by atoms with Gasteiger partial charge in [-0.05, 0) is 25.2 Å². The van der Waals surface area contributed by atoms with Crippen LogP contribution < -0.4 is 31.3 Å². The van der Waals surface area contributed by atoms with E-state index in [9.17, 15) is 27.2 Å². The highest BCUT2D eigenvalue weighted by atomic mass is 32.2. The van der Waals surface area contributed by atoms with Gasteiger partial charge in [-0.15, -0.1) is 32.9 Å². The third kappa shape index (κ3) is 7.40. The minimum Gasteiger partial charge on any atom is -0.336 e. The second-order valence-corrected chi connectivity index (χ2v) is 15.9. The number of hydrazine groups is 1. The first-order chi connectivity index (χ1) is 22.0. The average molecular weight is 719 g/mol. The van der Waals surface area contributed by atoms with Gasteiger partial charge in [0.2, 0.25) is 16.9 Å². The Balaban J connectivity index is 0.851. The number of hydrogen-bond acceptors (Lipinski definition) is 14. The van der Waals surface area contributed by atoms with E-state index in [-0.39, 0.29) is 67.6 Å². The highest BCUT2D eigenvalue weighted by Crippen LogP contribution is 2.42. The van der Waals surface area contributed by atoms with Crippen LogP contribution in [0.3, 0.4) is 0 Å². The molecule has 4 N–H and O–H groups in total. The zero-order chi connectivity index (χ0) is 32.1. The van der Waals surface area contributed by atoms with Gasteiger partial charge in [0, 0.05) is 16.7 Å². The number of thioether (sulfide) groups is 1. The Bertz CT molecular complexity index is 1570. The van der Waals surface area contributed by atoms with E-state index in [2.05, 4.69) is 41.7 Å². The van der Waals surface area contributed by atoms with Crippen LogP contribution in [0.25, 0.3) is 0 Å². The van der Waals surface area contributed by atoms with Crippen molar-refractivity contribution in [1.82, 2.24) is 36.3 Å².